The predicted octanol–water partition coefficient (Wildman–Crippen LogP) is 1.67. The van der Waals surface area contributed by atoms with Crippen molar-refractivity contribution < 1.29 is 37.3 Å². The lowest BCUT2D eigenvalue weighted by atomic mass is 10.0. The van der Waals surface area contributed by atoms with Crippen molar-refractivity contribution in [3.8, 4) is 0 Å². The molecule has 0 aromatic carbocycles. The Bertz CT molecular complexity index is 717. The number of pyridine rings is 1. The van der Waals surface area contributed by atoms with E-state index in [2.05, 4.69) is 23.7 Å². The van der Waals surface area contributed by atoms with Crippen molar-refractivity contribution in [2.75, 3.05) is 46.0 Å². The summed E-state index contributed by atoms with van der Waals surface area (Å²) in [5.41, 5.74) is 0.0449. The molecule has 0 saturated carbocycles. The fourth-order valence-electron chi connectivity index (χ4n) is 3.23. The molecular weight excluding hydrogens is 407 g/mol. The molecule has 0 radical (unpaired) electrons. The van der Waals surface area contributed by atoms with E-state index in [1.807, 2.05) is 17.0 Å². The lowest BCUT2D eigenvalue weighted by molar-refractivity contribution is -0.192. The Morgan fingerprint density at radius 3 is 2.47 bits per heavy atom. The van der Waals surface area contributed by atoms with Gasteiger partial charge in [-0.25, -0.2) is 4.79 Å². The second kappa shape index (κ2) is 10.2. The molecular formula is C19H26F3N3O5. The number of amides is 1. The maximum atomic E-state index is 12.7. The maximum absolute atomic E-state index is 12.7. The smallest absolute Gasteiger partial charge is 0.475 e. The summed E-state index contributed by atoms with van der Waals surface area (Å²) in [5.74, 6) is -2.79. The number of carboxylic acids is 1. The molecule has 1 N–H and O–H groups in total. The first-order chi connectivity index (χ1) is 14.0. The van der Waals surface area contributed by atoms with E-state index < -0.39 is 17.7 Å². The Morgan fingerprint density at radius 1 is 1.20 bits per heavy atom. The van der Waals surface area contributed by atoms with Gasteiger partial charge >= 0.3 is 12.1 Å². The number of morpholine rings is 1. The van der Waals surface area contributed by atoms with Crippen molar-refractivity contribution in [3.05, 3.63) is 30.1 Å². The average molecular weight is 433 g/mol. The Morgan fingerprint density at radius 2 is 1.90 bits per heavy atom. The van der Waals surface area contributed by atoms with Gasteiger partial charge in [-0.3, -0.25) is 14.7 Å². The molecule has 3 heterocycles. The fraction of sp³-hybridized carbons (Fsp3) is 0.632. The van der Waals surface area contributed by atoms with Crippen LogP contribution in [0.2, 0.25) is 0 Å². The van der Waals surface area contributed by atoms with Gasteiger partial charge in [-0.1, -0.05) is 6.07 Å². The number of carbonyl (C=O) groups excluding carboxylic acids is 1. The van der Waals surface area contributed by atoms with Crippen LogP contribution in [0.1, 0.15) is 24.3 Å². The van der Waals surface area contributed by atoms with Crippen molar-refractivity contribution in [1.29, 1.82) is 0 Å². The average Bonchev–Trinajstić information content (AvgIpc) is 2.90. The van der Waals surface area contributed by atoms with Crippen LogP contribution in [0.25, 0.3) is 0 Å². The molecule has 30 heavy (non-hydrogen) atoms. The number of alkyl halides is 3. The number of carboxylic acid groups (broad SMARTS) is 1. The predicted molar refractivity (Wildman–Crippen MR) is 100 cm³/mol. The molecule has 2 aliphatic heterocycles. The highest BCUT2D eigenvalue weighted by molar-refractivity contribution is 5.92. The molecule has 11 heteroatoms. The summed E-state index contributed by atoms with van der Waals surface area (Å²) >= 11 is 0. The Balaban J connectivity index is 0.000000396. The van der Waals surface area contributed by atoms with Gasteiger partial charge in [0.2, 0.25) is 0 Å². The first-order valence-electron chi connectivity index (χ1n) is 9.50. The van der Waals surface area contributed by atoms with Crippen LogP contribution in [0.15, 0.2) is 24.4 Å². The zero-order valence-electron chi connectivity index (χ0n) is 16.9. The molecule has 2 fully saturated rings. The number of ether oxygens (including phenoxy) is 2. The van der Waals surface area contributed by atoms with Crippen molar-refractivity contribution in [2.24, 2.45) is 0 Å². The van der Waals surface area contributed by atoms with Gasteiger partial charge in [-0.15, -0.1) is 0 Å². The molecule has 1 spiro atoms. The molecule has 1 unspecified atom stereocenters. The van der Waals surface area contributed by atoms with E-state index >= 15 is 0 Å². The second-order valence-electron chi connectivity index (χ2n) is 7.39. The van der Waals surface area contributed by atoms with Crippen LogP contribution in [0, 0.1) is 0 Å². The summed E-state index contributed by atoms with van der Waals surface area (Å²) < 4.78 is 43.6. The molecule has 1 aromatic heterocycles. The minimum atomic E-state index is -5.08. The minimum absolute atomic E-state index is 0.0337. The molecule has 0 bridgehead atoms. The standard InChI is InChI=1S/C17H25N3O3.C2HF3O2/c1-14(2)19-7-9-22-13-17(11-19)12-20(8-10-23-17)16(21)15-5-3-4-6-18-15;3-2(4,5)1(6)7/h3-6,14H,7-13H2,1-2H3;(H,6,7). The van der Waals surface area contributed by atoms with Crippen molar-refractivity contribution >= 4 is 11.9 Å². The molecule has 8 nitrogen and oxygen atoms in total. The Kier molecular flexibility index (Phi) is 8.16. The lowest BCUT2D eigenvalue weighted by Gasteiger charge is -2.44. The summed E-state index contributed by atoms with van der Waals surface area (Å²) in [7, 11) is 0. The summed E-state index contributed by atoms with van der Waals surface area (Å²) in [6, 6.07) is 5.84. The van der Waals surface area contributed by atoms with Gasteiger partial charge in [-0.2, -0.15) is 13.2 Å². The fourth-order valence-corrected chi connectivity index (χ4v) is 3.23. The Labute approximate surface area is 172 Å². The van der Waals surface area contributed by atoms with E-state index in [1.165, 1.54) is 0 Å². The third-order valence-corrected chi connectivity index (χ3v) is 4.77. The number of carbonyl (C=O) groups is 2. The van der Waals surface area contributed by atoms with Gasteiger partial charge in [0.05, 0.1) is 26.4 Å². The van der Waals surface area contributed by atoms with Crippen LogP contribution in [-0.2, 0) is 14.3 Å². The monoisotopic (exact) mass is 433 g/mol. The van der Waals surface area contributed by atoms with Gasteiger partial charge in [0.25, 0.3) is 5.91 Å². The first kappa shape index (κ1) is 24.0. The zero-order valence-corrected chi connectivity index (χ0v) is 16.9. The highest BCUT2D eigenvalue weighted by atomic mass is 19.4. The van der Waals surface area contributed by atoms with Gasteiger partial charge in [0.15, 0.2) is 0 Å². The van der Waals surface area contributed by atoms with Crippen LogP contribution < -0.4 is 0 Å². The highest BCUT2D eigenvalue weighted by Gasteiger charge is 2.42. The molecule has 3 rings (SSSR count). The molecule has 0 aliphatic carbocycles. The van der Waals surface area contributed by atoms with Gasteiger partial charge in [0, 0.05) is 31.9 Å². The Hall–Kier alpha value is -2.24. The molecule has 1 amide bonds. The zero-order chi connectivity index (χ0) is 22.4. The normalized spacial score (nSPS) is 22.9. The number of nitrogens with zero attached hydrogens (tertiary/aromatic N) is 3. The van der Waals surface area contributed by atoms with Crippen molar-refractivity contribution in [1.82, 2.24) is 14.8 Å². The number of halogens is 3. The maximum Gasteiger partial charge on any atom is 0.490 e. The largest absolute Gasteiger partial charge is 0.490 e. The number of hydrogen-bond acceptors (Lipinski definition) is 6. The van der Waals surface area contributed by atoms with Gasteiger partial charge in [-0.05, 0) is 26.0 Å². The summed E-state index contributed by atoms with van der Waals surface area (Å²) in [6.07, 6.45) is -3.43. The van der Waals surface area contributed by atoms with E-state index in [0.29, 0.717) is 44.6 Å². The summed E-state index contributed by atoms with van der Waals surface area (Å²) in [5, 5.41) is 7.12. The van der Waals surface area contributed by atoms with Crippen LogP contribution >= 0.6 is 0 Å². The minimum Gasteiger partial charge on any atom is -0.475 e. The molecule has 1 atom stereocenters. The first-order valence-corrected chi connectivity index (χ1v) is 9.50. The third kappa shape index (κ3) is 6.64. The van der Waals surface area contributed by atoms with Crippen LogP contribution in [-0.4, -0.2) is 95.6 Å². The van der Waals surface area contributed by atoms with Crippen molar-refractivity contribution in [2.45, 2.75) is 31.7 Å². The lowest BCUT2D eigenvalue weighted by Crippen LogP contribution is -2.60. The number of aromatic nitrogens is 1. The number of rotatable bonds is 2. The third-order valence-electron chi connectivity index (χ3n) is 4.77. The van der Waals surface area contributed by atoms with Crippen LogP contribution in [0.3, 0.4) is 0 Å². The molecule has 2 saturated heterocycles. The van der Waals surface area contributed by atoms with Gasteiger partial charge in [0.1, 0.15) is 11.3 Å². The van der Waals surface area contributed by atoms with E-state index in [4.69, 9.17) is 19.4 Å². The molecule has 2 aliphatic rings. The van der Waals surface area contributed by atoms with E-state index in [-0.39, 0.29) is 5.91 Å². The SMILES string of the molecule is CC(C)N1CCOCC2(CN(C(=O)c3ccccn3)CCO2)C1.O=C(O)C(F)(F)F. The molecule has 1 aromatic rings. The van der Waals surface area contributed by atoms with E-state index in [1.54, 1.807) is 12.3 Å². The number of aliphatic carboxylic acids is 1. The second-order valence-corrected chi connectivity index (χ2v) is 7.39. The highest BCUT2D eigenvalue weighted by Crippen LogP contribution is 2.24. The summed E-state index contributed by atoms with van der Waals surface area (Å²) in [6.45, 7) is 8.96. The molecule has 168 valence electrons. The van der Waals surface area contributed by atoms with E-state index in [0.717, 1.165) is 13.1 Å². The quantitative estimate of drug-likeness (QED) is 0.759. The summed E-state index contributed by atoms with van der Waals surface area (Å²) in [4.78, 5) is 30.0. The van der Waals surface area contributed by atoms with Gasteiger partial charge < -0.3 is 19.5 Å². The van der Waals surface area contributed by atoms with Crippen molar-refractivity contribution in [3.63, 3.8) is 0 Å². The van der Waals surface area contributed by atoms with Crippen LogP contribution in [0.5, 0.6) is 0 Å². The van der Waals surface area contributed by atoms with Crippen LogP contribution in [0.4, 0.5) is 13.2 Å². The van der Waals surface area contributed by atoms with E-state index in [9.17, 15) is 18.0 Å². The number of hydrogen-bond donors (Lipinski definition) is 1. The topological polar surface area (TPSA) is 92.2 Å².